The molecule has 6 nitrogen and oxygen atoms in total. The maximum absolute atomic E-state index is 10.6. The number of carboxylic acid groups (broad SMARTS) is 1. The van der Waals surface area contributed by atoms with E-state index in [1.807, 2.05) is 11.5 Å². The fraction of sp³-hybridized carbons (Fsp3) is 0.250. The Morgan fingerprint density at radius 2 is 2.28 bits per heavy atom. The molecule has 2 heterocycles. The van der Waals surface area contributed by atoms with Gasteiger partial charge >= 0.3 is 5.97 Å². The van der Waals surface area contributed by atoms with Crippen molar-refractivity contribution in [2.45, 2.75) is 20.1 Å². The molecule has 0 fully saturated rings. The molecule has 0 aliphatic rings. The summed E-state index contributed by atoms with van der Waals surface area (Å²) in [5.41, 5.74) is 0.959. The zero-order valence-corrected chi connectivity index (χ0v) is 9.91. The maximum atomic E-state index is 10.6. The molecule has 2 aromatic rings. The van der Waals surface area contributed by atoms with Crippen LogP contribution in [0.3, 0.4) is 0 Å². The second-order valence-corrected chi connectivity index (χ2v) is 3.64. The standard InChI is InChI=1S/C12H13N3O3/c1-2-15-8-13-5-9(15)7-18-10-3-4-11(12(16)17)14-6-10/h3-6,8H,2,7H2,1H3,(H,16,17). The van der Waals surface area contributed by atoms with Crippen molar-refractivity contribution >= 4 is 5.97 Å². The lowest BCUT2D eigenvalue weighted by Crippen LogP contribution is -2.04. The topological polar surface area (TPSA) is 77.2 Å². The van der Waals surface area contributed by atoms with E-state index in [1.165, 1.54) is 12.3 Å². The number of ether oxygens (including phenoxy) is 1. The monoisotopic (exact) mass is 247 g/mol. The number of aryl methyl sites for hydroxylation is 1. The van der Waals surface area contributed by atoms with Crippen molar-refractivity contribution in [2.75, 3.05) is 0 Å². The van der Waals surface area contributed by atoms with Gasteiger partial charge in [0, 0.05) is 6.54 Å². The first-order chi connectivity index (χ1) is 8.70. The first-order valence-electron chi connectivity index (χ1n) is 5.52. The first-order valence-corrected chi connectivity index (χ1v) is 5.52. The van der Waals surface area contributed by atoms with E-state index in [1.54, 1.807) is 18.6 Å². The average molecular weight is 247 g/mol. The fourth-order valence-electron chi connectivity index (χ4n) is 1.50. The Hall–Kier alpha value is -2.37. The third-order valence-electron chi connectivity index (χ3n) is 2.48. The van der Waals surface area contributed by atoms with Gasteiger partial charge in [0.15, 0.2) is 0 Å². The molecule has 6 heteroatoms. The molecule has 0 spiro atoms. The van der Waals surface area contributed by atoms with Crippen molar-refractivity contribution in [3.8, 4) is 5.75 Å². The fourth-order valence-corrected chi connectivity index (χ4v) is 1.50. The molecule has 0 unspecified atom stereocenters. The summed E-state index contributed by atoms with van der Waals surface area (Å²) in [4.78, 5) is 18.4. The van der Waals surface area contributed by atoms with Crippen LogP contribution in [-0.2, 0) is 13.2 Å². The second-order valence-electron chi connectivity index (χ2n) is 3.64. The number of pyridine rings is 1. The molecule has 0 saturated carbocycles. The van der Waals surface area contributed by atoms with E-state index in [9.17, 15) is 4.79 Å². The van der Waals surface area contributed by atoms with E-state index in [4.69, 9.17) is 9.84 Å². The van der Waals surface area contributed by atoms with Gasteiger partial charge in [0.2, 0.25) is 0 Å². The molecule has 0 radical (unpaired) electrons. The normalized spacial score (nSPS) is 10.3. The number of rotatable bonds is 5. The molecule has 94 valence electrons. The largest absolute Gasteiger partial charge is 0.486 e. The number of hydrogen-bond acceptors (Lipinski definition) is 4. The zero-order valence-electron chi connectivity index (χ0n) is 9.91. The van der Waals surface area contributed by atoms with Gasteiger partial charge in [-0.1, -0.05) is 0 Å². The smallest absolute Gasteiger partial charge is 0.354 e. The Kier molecular flexibility index (Phi) is 3.57. The van der Waals surface area contributed by atoms with Gasteiger partial charge in [-0.3, -0.25) is 0 Å². The van der Waals surface area contributed by atoms with Crippen molar-refractivity contribution in [2.24, 2.45) is 0 Å². The number of hydrogen-bond donors (Lipinski definition) is 1. The van der Waals surface area contributed by atoms with Crippen molar-refractivity contribution < 1.29 is 14.6 Å². The molecule has 0 aromatic carbocycles. The average Bonchev–Trinajstić information content (AvgIpc) is 2.84. The Morgan fingerprint density at radius 3 is 2.89 bits per heavy atom. The van der Waals surface area contributed by atoms with E-state index in [0.29, 0.717) is 12.4 Å². The number of carbonyl (C=O) groups is 1. The van der Waals surface area contributed by atoms with Crippen LogP contribution >= 0.6 is 0 Å². The van der Waals surface area contributed by atoms with Crippen molar-refractivity contribution in [3.05, 3.63) is 42.2 Å². The highest BCUT2D eigenvalue weighted by molar-refractivity contribution is 5.85. The van der Waals surface area contributed by atoms with Crippen LogP contribution in [0.4, 0.5) is 0 Å². The van der Waals surface area contributed by atoms with Crippen LogP contribution in [0, 0.1) is 0 Å². The molecule has 0 bridgehead atoms. The van der Waals surface area contributed by atoms with Crippen molar-refractivity contribution in [3.63, 3.8) is 0 Å². The number of nitrogens with zero attached hydrogens (tertiary/aromatic N) is 3. The minimum absolute atomic E-state index is 0.000880. The van der Waals surface area contributed by atoms with Crippen molar-refractivity contribution in [1.29, 1.82) is 0 Å². The maximum Gasteiger partial charge on any atom is 0.354 e. The lowest BCUT2D eigenvalue weighted by Gasteiger charge is -2.07. The molecule has 0 atom stereocenters. The molecule has 1 N–H and O–H groups in total. The lowest BCUT2D eigenvalue weighted by molar-refractivity contribution is 0.0690. The summed E-state index contributed by atoms with van der Waals surface area (Å²) >= 11 is 0. The first kappa shape index (κ1) is 12.1. The van der Waals surface area contributed by atoms with Crippen LogP contribution in [0.2, 0.25) is 0 Å². The predicted octanol–water partition coefficient (Wildman–Crippen LogP) is 1.58. The summed E-state index contributed by atoms with van der Waals surface area (Å²) < 4.78 is 7.48. The molecule has 2 aromatic heterocycles. The zero-order chi connectivity index (χ0) is 13.0. The van der Waals surface area contributed by atoms with Crippen LogP contribution in [0.5, 0.6) is 5.75 Å². The highest BCUT2D eigenvalue weighted by atomic mass is 16.5. The van der Waals surface area contributed by atoms with Gasteiger partial charge in [0.25, 0.3) is 0 Å². The number of aromatic nitrogens is 3. The molecular weight excluding hydrogens is 234 g/mol. The van der Waals surface area contributed by atoms with Crippen LogP contribution in [0.1, 0.15) is 23.1 Å². The molecule has 0 aliphatic heterocycles. The van der Waals surface area contributed by atoms with E-state index >= 15 is 0 Å². The Labute approximate surface area is 104 Å². The van der Waals surface area contributed by atoms with Gasteiger partial charge in [-0.2, -0.15) is 0 Å². The van der Waals surface area contributed by atoms with Crippen LogP contribution < -0.4 is 4.74 Å². The van der Waals surface area contributed by atoms with Gasteiger partial charge < -0.3 is 14.4 Å². The lowest BCUT2D eigenvalue weighted by atomic mass is 10.3. The quantitative estimate of drug-likeness (QED) is 0.867. The predicted molar refractivity (Wildman–Crippen MR) is 63.4 cm³/mol. The molecule has 0 aliphatic carbocycles. The number of imidazole rings is 1. The summed E-state index contributed by atoms with van der Waals surface area (Å²) in [7, 11) is 0. The van der Waals surface area contributed by atoms with Gasteiger partial charge in [0.1, 0.15) is 18.1 Å². The van der Waals surface area contributed by atoms with Gasteiger partial charge in [-0.15, -0.1) is 0 Å². The number of carboxylic acids is 1. The second kappa shape index (κ2) is 5.31. The summed E-state index contributed by atoms with van der Waals surface area (Å²) in [6.07, 6.45) is 4.88. The van der Waals surface area contributed by atoms with Crippen LogP contribution in [0.25, 0.3) is 0 Å². The SMILES string of the molecule is CCn1cncc1COc1ccc(C(=O)O)nc1. The Balaban J connectivity index is 2.00. The van der Waals surface area contributed by atoms with Crippen LogP contribution in [0.15, 0.2) is 30.9 Å². The summed E-state index contributed by atoms with van der Waals surface area (Å²) in [5.74, 6) is -0.519. The molecule has 18 heavy (non-hydrogen) atoms. The van der Waals surface area contributed by atoms with E-state index < -0.39 is 5.97 Å². The minimum atomic E-state index is -1.05. The summed E-state index contributed by atoms with van der Waals surface area (Å²) in [6.45, 7) is 3.23. The van der Waals surface area contributed by atoms with E-state index in [-0.39, 0.29) is 5.69 Å². The Morgan fingerprint density at radius 1 is 1.44 bits per heavy atom. The minimum Gasteiger partial charge on any atom is -0.486 e. The molecule has 2 rings (SSSR count). The Bertz CT molecular complexity index is 534. The molecule has 0 amide bonds. The number of aromatic carboxylic acids is 1. The molecule has 0 saturated heterocycles. The van der Waals surface area contributed by atoms with Gasteiger partial charge in [-0.25, -0.2) is 14.8 Å². The summed E-state index contributed by atoms with van der Waals surface area (Å²) in [6, 6.07) is 3.00. The highest BCUT2D eigenvalue weighted by Crippen LogP contribution is 2.12. The third kappa shape index (κ3) is 2.65. The van der Waals surface area contributed by atoms with Crippen LogP contribution in [-0.4, -0.2) is 25.6 Å². The van der Waals surface area contributed by atoms with Gasteiger partial charge in [-0.05, 0) is 19.1 Å². The van der Waals surface area contributed by atoms with E-state index in [0.717, 1.165) is 12.2 Å². The van der Waals surface area contributed by atoms with Gasteiger partial charge in [0.05, 0.1) is 24.4 Å². The molecular formula is C12H13N3O3. The van der Waals surface area contributed by atoms with E-state index in [2.05, 4.69) is 9.97 Å². The third-order valence-corrected chi connectivity index (χ3v) is 2.48. The highest BCUT2D eigenvalue weighted by Gasteiger charge is 2.05. The van der Waals surface area contributed by atoms with Crippen molar-refractivity contribution in [1.82, 2.24) is 14.5 Å². The summed E-state index contributed by atoms with van der Waals surface area (Å²) in [5, 5.41) is 8.71.